The number of hydrogen-bond donors (Lipinski definition) is 1. The van der Waals surface area contributed by atoms with Gasteiger partial charge in [0.25, 0.3) is 0 Å². The van der Waals surface area contributed by atoms with E-state index in [1.54, 1.807) is 26.8 Å². The number of nitrogens with one attached hydrogen (secondary N) is 1. The predicted molar refractivity (Wildman–Crippen MR) is 81.3 cm³/mol. The molecule has 0 atom stereocenters. The van der Waals surface area contributed by atoms with E-state index in [9.17, 15) is 4.79 Å². The number of benzene rings is 1. The molecule has 1 amide bonds. The fraction of sp³-hybridized carbons (Fsp3) is 0.333. The molecule has 1 N–H and O–H groups in total. The van der Waals surface area contributed by atoms with Gasteiger partial charge in [0.1, 0.15) is 11.4 Å². The number of nitrogens with zero attached hydrogens (tertiary/aromatic N) is 1. The molecule has 0 saturated heterocycles. The number of ether oxygens (including phenoxy) is 1. The maximum absolute atomic E-state index is 11.7. The summed E-state index contributed by atoms with van der Waals surface area (Å²) in [4.78, 5) is 16.1. The molecule has 2 rings (SSSR count). The van der Waals surface area contributed by atoms with Crippen molar-refractivity contribution in [1.29, 1.82) is 0 Å². The van der Waals surface area contributed by atoms with Crippen molar-refractivity contribution in [2.24, 2.45) is 0 Å². The largest absolute Gasteiger partial charge is 0.444 e. The highest BCUT2D eigenvalue weighted by atomic mass is 35.5. The average Bonchev–Trinajstić information content (AvgIpc) is 2.27. The Morgan fingerprint density at radius 2 is 2.00 bits per heavy atom. The molecule has 0 aliphatic rings. The van der Waals surface area contributed by atoms with Crippen molar-refractivity contribution in [3.8, 4) is 0 Å². The van der Waals surface area contributed by atoms with Crippen molar-refractivity contribution in [1.82, 2.24) is 4.98 Å². The standard InChI is InChI=1S/C15H17ClN2O2/c1-9-5-6-12-10(7-9)11(16)8-13(17-12)18-14(19)20-15(2,3)4/h5-8H,1-4H3,(H,17,18,19). The van der Waals surface area contributed by atoms with Crippen molar-refractivity contribution >= 4 is 34.4 Å². The second-order valence-electron chi connectivity index (χ2n) is 5.64. The first kappa shape index (κ1) is 14.6. The van der Waals surface area contributed by atoms with E-state index in [4.69, 9.17) is 16.3 Å². The molecule has 1 aromatic carbocycles. The number of pyridine rings is 1. The zero-order valence-corrected chi connectivity index (χ0v) is 12.7. The highest BCUT2D eigenvalue weighted by Gasteiger charge is 2.17. The minimum atomic E-state index is -0.554. The third-order valence-corrected chi connectivity index (χ3v) is 2.86. The number of halogens is 1. The number of amides is 1. The van der Waals surface area contributed by atoms with Crippen LogP contribution < -0.4 is 5.32 Å². The zero-order valence-electron chi connectivity index (χ0n) is 12.0. The van der Waals surface area contributed by atoms with E-state index in [1.165, 1.54) is 0 Å². The zero-order chi connectivity index (χ0) is 14.9. The topological polar surface area (TPSA) is 51.2 Å². The lowest BCUT2D eigenvalue weighted by Gasteiger charge is -2.19. The maximum Gasteiger partial charge on any atom is 0.413 e. The van der Waals surface area contributed by atoms with E-state index < -0.39 is 11.7 Å². The smallest absolute Gasteiger partial charge is 0.413 e. The first-order valence-corrected chi connectivity index (χ1v) is 6.69. The first-order chi connectivity index (χ1) is 9.24. The highest BCUT2D eigenvalue weighted by Crippen LogP contribution is 2.26. The number of anilines is 1. The van der Waals surface area contributed by atoms with Gasteiger partial charge < -0.3 is 4.74 Å². The van der Waals surface area contributed by atoms with Crippen LogP contribution in [0.4, 0.5) is 10.6 Å². The Morgan fingerprint density at radius 3 is 2.65 bits per heavy atom. The fourth-order valence-electron chi connectivity index (χ4n) is 1.77. The molecule has 0 aliphatic heterocycles. The molecular formula is C15H17ClN2O2. The van der Waals surface area contributed by atoms with Gasteiger partial charge in [0.2, 0.25) is 0 Å². The van der Waals surface area contributed by atoms with Gasteiger partial charge in [0.15, 0.2) is 0 Å². The maximum atomic E-state index is 11.7. The molecule has 20 heavy (non-hydrogen) atoms. The summed E-state index contributed by atoms with van der Waals surface area (Å²) in [6.45, 7) is 7.39. The van der Waals surface area contributed by atoms with Crippen LogP contribution in [0.5, 0.6) is 0 Å². The van der Waals surface area contributed by atoms with E-state index in [-0.39, 0.29) is 0 Å². The Balaban J connectivity index is 2.28. The van der Waals surface area contributed by atoms with Crippen LogP contribution in [-0.4, -0.2) is 16.7 Å². The first-order valence-electron chi connectivity index (χ1n) is 6.31. The number of carbonyl (C=O) groups is 1. The van der Waals surface area contributed by atoms with Crippen LogP contribution in [0.25, 0.3) is 10.9 Å². The molecule has 0 unspecified atom stereocenters. The lowest BCUT2D eigenvalue weighted by molar-refractivity contribution is 0.0635. The van der Waals surface area contributed by atoms with Crippen LogP contribution in [0, 0.1) is 6.92 Å². The number of fused-ring (bicyclic) bond motifs is 1. The lowest BCUT2D eigenvalue weighted by atomic mass is 10.1. The molecule has 0 aliphatic carbocycles. The Bertz CT molecular complexity index is 663. The molecule has 0 saturated carbocycles. The highest BCUT2D eigenvalue weighted by molar-refractivity contribution is 6.35. The number of hydrogen-bond acceptors (Lipinski definition) is 3. The average molecular weight is 293 g/mol. The molecule has 0 fully saturated rings. The van der Waals surface area contributed by atoms with Gasteiger partial charge >= 0.3 is 6.09 Å². The predicted octanol–water partition coefficient (Wildman–Crippen LogP) is 4.54. The van der Waals surface area contributed by atoms with Gasteiger partial charge in [-0.3, -0.25) is 5.32 Å². The van der Waals surface area contributed by atoms with Crippen LogP contribution in [0.15, 0.2) is 24.3 Å². The summed E-state index contributed by atoms with van der Waals surface area (Å²) in [5.74, 6) is 0.376. The third kappa shape index (κ3) is 3.61. The van der Waals surface area contributed by atoms with Crippen molar-refractivity contribution in [3.63, 3.8) is 0 Å². The van der Waals surface area contributed by atoms with E-state index in [0.717, 1.165) is 16.5 Å². The van der Waals surface area contributed by atoms with Gasteiger partial charge in [-0.1, -0.05) is 23.2 Å². The van der Waals surface area contributed by atoms with Gasteiger partial charge in [0.05, 0.1) is 10.5 Å². The summed E-state index contributed by atoms with van der Waals surface area (Å²) in [7, 11) is 0. The second kappa shape index (κ2) is 5.29. The summed E-state index contributed by atoms with van der Waals surface area (Å²) >= 11 is 6.22. The monoisotopic (exact) mass is 292 g/mol. The van der Waals surface area contributed by atoms with E-state index in [0.29, 0.717) is 10.8 Å². The van der Waals surface area contributed by atoms with Gasteiger partial charge in [-0.05, 0) is 39.8 Å². The summed E-state index contributed by atoms with van der Waals surface area (Å²) in [5.41, 5.74) is 1.28. The lowest BCUT2D eigenvalue weighted by Crippen LogP contribution is -2.27. The molecule has 4 nitrogen and oxygen atoms in total. The summed E-state index contributed by atoms with van der Waals surface area (Å²) in [6.07, 6.45) is -0.549. The minimum Gasteiger partial charge on any atom is -0.444 e. The Labute approximate surface area is 123 Å². The molecule has 0 spiro atoms. The van der Waals surface area contributed by atoms with Gasteiger partial charge in [0, 0.05) is 11.5 Å². The van der Waals surface area contributed by atoms with E-state index in [1.807, 2.05) is 25.1 Å². The third-order valence-electron chi connectivity index (χ3n) is 2.54. The molecule has 2 aromatic rings. The Kier molecular flexibility index (Phi) is 3.86. The molecule has 5 heteroatoms. The van der Waals surface area contributed by atoms with Crippen molar-refractivity contribution < 1.29 is 9.53 Å². The van der Waals surface area contributed by atoms with Crippen LogP contribution in [0.2, 0.25) is 5.02 Å². The van der Waals surface area contributed by atoms with Gasteiger partial charge in [-0.2, -0.15) is 0 Å². The SMILES string of the molecule is Cc1ccc2nc(NC(=O)OC(C)(C)C)cc(Cl)c2c1. The second-order valence-corrected chi connectivity index (χ2v) is 6.04. The van der Waals surface area contributed by atoms with Gasteiger partial charge in [-0.15, -0.1) is 0 Å². The molecule has 0 bridgehead atoms. The van der Waals surface area contributed by atoms with E-state index >= 15 is 0 Å². The molecule has 1 heterocycles. The van der Waals surface area contributed by atoms with Crippen LogP contribution in [-0.2, 0) is 4.74 Å². The molecule has 1 aromatic heterocycles. The van der Waals surface area contributed by atoms with Crippen LogP contribution >= 0.6 is 11.6 Å². The Hall–Kier alpha value is -1.81. The summed E-state index contributed by atoms with van der Waals surface area (Å²) in [6, 6.07) is 7.40. The van der Waals surface area contributed by atoms with Crippen LogP contribution in [0.3, 0.4) is 0 Å². The Morgan fingerprint density at radius 1 is 1.30 bits per heavy atom. The molecule has 106 valence electrons. The van der Waals surface area contributed by atoms with Crippen molar-refractivity contribution in [2.75, 3.05) is 5.32 Å². The van der Waals surface area contributed by atoms with Crippen LogP contribution in [0.1, 0.15) is 26.3 Å². The molecule has 0 radical (unpaired) electrons. The van der Waals surface area contributed by atoms with E-state index in [2.05, 4.69) is 10.3 Å². The summed E-state index contributed by atoms with van der Waals surface area (Å²) < 4.78 is 5.18. The number of carbonyl (C=O) groups excluding carboxylic acids is 1. The number of aromatic nitrogens is 1. The van der Waals surface area contributed by atoms with Crippen molar-refractivity contribution in [2.45, 2.75) is 33.3 Å². The number of rotatable bonds is 1. The van der Waals surface area contributed by atoms with Crippen molar-refractivity contribution in [3.05, 3.63) is 34.9 Å². The summed E-state index contributed by atoms with van der Waals surface area (Å²) in [5, 5.41) is 4.00. The molecular weight excluding hydrogens is 276 g/mol. The quantitative estimate of drug-likeness (QED) is 0.839. The normalized spacial score (nSPS) is 11.4. The fourth-order valence-corrected chi connectivity index (χ4v) is 2.03. The van der Waals surface area contributed by atoms with Gasteiger partial charge in [-0.25, -0.2) is 9.78 Å². The number of aryl methyl sites for hydroxylation is 1. The minimum absolute atomic E-state index is 0.376.